The maximum absolute atomic E-state index is 5.24. The largest absolute Gasteiger partial charge is 0.380 e. The van der Waals surface area contributed by atoms with Crippen LogP contribution in [0.2, 0.25) is 0 Å². The summed E-state index contributed by atoms with van der Waals surface area (Å²) in [5.74, 6) is 1.01. The number of hydrogen-bond donors (Lipinski definition) is 2. The molecule has 1 aliphatic rings. The van der Waals surface area contributed by atoms with Gasteiger partial charge in [-0.1, -0.05) is 0 Å². The van der Waals surface area contributed by atoms with Gasteiger partial charge in [0.25, 0.3) is 0 Å². The Hall–Kier alpha value is -0.870. The number of ether oxygens (including phenoxy) is 1. The average Bonchev–Trinajstić information content (AvgIpc) is 2.75. The number of rotatable bonds is 2. The molecule has 0 unspecified atom stereocenters. The zero-order chi connectivity index (χ0) is 8.39. The molecule has 2 atom stereocenters. The standard InChI is InChI=1S/C8H13N3O/c1-12-6-4-7(11-5-6)8-9-2-3-10-8/h2-3,6-7,11H,4-5H2,1H3,(H,9,10)/t6-,7+/m1/s1. The van der Waals surface area contributed by atoms with E-state index >= 15 is 0 Å². The summed E-state index contributed by atoms with van der Waals surface area (Å²) in [6, 6.07) is 0.338. The molecule has 2 heterocycles. The Labute approximate surface area is 71.3 Å². The van der Waals surface area contributed by atoms with Crippen LogP contribution in [0.4, 0.5) is 0 Å². The van der Waals surface area contributed by atoms with Crippen LogP contribution in [0.3, 0.4) is 0 Å². The van der Waals surface area contributed by atoms with Gasteiger partial charge in [-0.05, 0) is 6.42 Å². The van der Waals surface area contributed by atoms with E-state index in [0.717, 1.165) is 18.8 Å². The number of imidazole rings is 1. The SMILES string of the molecule is CO[C@H]1CN[C@H](c2ncc[nH]2)C1. The maximum atomic E-state index is 5.24. The van der Waals surface area contributed by atoms with Crippen LogP contribution in [0.15, 0.2) is 12.4 Å². The van der Waals surface area contributed by atoms with E-state index in [1.807, 2.05) is 6.20 Å². The first kappa shape index (κ1) is 7.76. The zero-order valence-electron chi connectivity index (χ0n) is 7.08. The molecule has 1 aliphatic heterocycles. The van der Waals surface area contributed by atoms with Gasteiger partial charge < -0.3 is 15.0 Å². The molecule has 4 heteroatoms. The van der Waals surface area contributed by atoms with Crippen molar-refractivity contribution in [2.75, 3.05) is 13.7 Å². The minimum absolute atomic E-state index is 0.333. The molecule has 1 aromatic rings. The highest BCUT2D eigenvalue weighted by Gasteiger charge is 2.26. The Morgan fingerprint density at radius 3 is 3.17 bits per heavy atom. The van der Waals surface area contributed by atoms with E-state index in [2.05, 4.69) is 15.3 Å². The topological polar surface area (TPSA) is 49.9 Å². The van der Waals surface area contributed by atoms with Crippen LogP contribution in [0.1, 0.15) is 18.3 Å². The molecule has 1 fully saturated rings. The first-order chi connectivity index (χ1) is 5.90. The molecule has 0 aliphatic carbocycles. The van der Waals surface area contributed by atoms with Crippen molar-refractivity contribution in [2.45, 2.75) is 18.6 Å². The van der Waals surface area contributed by atoms with Crippen molar-refractivity contribution in [2.24, 2.45) is 0 Å². The molecule has 12 heavy (non-hydrogen) atoms. The Kier molecular flexibility index (Phi) is 2.10. The minimum atomic E-state index is 0.333. The van der Waals surface area contributed by atoms with Crippen LogP contribution >= 0.6 is 0 Å². The summed E-state index contributed by atoms with van der Waals surface area (Å²) in [6.07, 6.45) is 4.96. The van der Waals surface area contributed by atoms with Crippen molar-refractivity contribution in [1.29, 1.82) is 0 Å². The third-order valence-corrected chi connectivity index (χ3v) is 2.27. The van der Waals surface area contributed by atoms with Crippen LogP contribution in [0, 0.1) is 0 Å². The van der Waals surface area contributed by atoms with E-state index in [0.29, 0.717) is 12.1 Å². The molecule has 0 bridgehead atoms. The normalized spacial score (nSPS) is 29.4. The van der Waals surface area contributed by atoms with E-state index in [9.17, 15) is 0 Å². The van der Waals surface area contributed by atoms with E-state index in [-0.39, 0.29) is 0 Å². The van der Waals surface area contributed by atoms with Gasteiger partial charge >= 0.3 is 0 Å². The maximum Gasteiger partial charge on any atom is 0.123 e. The summed E-state index contributed by atoms with van der Waals surface area (Å²) in [6.45, 7) is 0.919. The van der Waals surface area contributed by atoms with Crippen molar-refractivity contribution < 1.29 is 4.74 Å². The highest BCUT2D eigenvalue weighted by Crippen LogP contribution is 2.21. The lowest BCUT2D eigenvalue weighted by atomic mass is 10.2. The lowest BCUT2D eigenvalue weighted by molar-refractivity contribution is 0.117. The molecule has 0 radical (unpaired) electrons. The summed E-state index contributed by atoms with van der Waals surface area (Å²) in [5, 5.41) is 3.34. The van der Waals surface area contributed by atoms with Crippen molar-refractivity contribution in [3.63, 3.8) is 0 Å². The molecule has 0 aromatic carbocycles. The zero-order valence-corrected chi connectivity index (χ0v) is 7.08. The summed E-state index contributed by atoms with van der Waals surface area (Å²) in [5.41, 5.74) is 0. The molecule has 2 rings (SSSR count). The lowest BCUT2D eigenvalue weighted by Gasteiger charge is -2.05. The molecule has 0 amide bonds. The Morgan fingerprint density at radius 1 is 1.67 bits per heavy atom. The van der Waals surface area contributed by atoms with E-state index in [4.69, 9.17) is 4.74 Å². The van der Waals surface area contributed by atoms with Gasteiger partial charge in [0, 0.05) is 26.0 Å². The number of H-pyrrole nitrogens is 1. The number of aromatic amines is 1. The third kappa shape index (κ3) is 1.35. The second kappa shape index (κ2) is 3.25. The molecule has 1 aromatic heterocycles. The summed E-state index contributed by atoms with van der Waals surface area (Å²) in [4.78, 5) is 7.29. The fraction of sp³-hybridized carbons (Fsp3) is 0.625. The molecule has 1 saturated heterocycles. The van der Waals surface area contributed by atoms with Gasteiger partial charge in [-0.2, -0.15) is 0 Å². The van der Waals surface area contributed by atoms with Crippen molar-refractivity contribution in [3.05, 3.63) is 18.2 Å². The van der Waals surface area contributed by atoms with E-state index in [1.165, 1.54) is 0 Å². The Morgan fingerprint density at radius 2 is 2.58 bits per heavy atom. The molecule has 0 spiro atoms. The third-order valence-electron chi connectivity index (χ3n) is 2.27. The first-order valence-corrected chi connectivity index (χ1v) is 4.15. The quantitative estimate of drug-likeness (QED) is 0.672. The van der Waals surface area contributed by atoms with E-state index in [1.54, 1.807) is 13.3 Å². The van der Waals surface area contributed by atoms with Crippen LogP contribution in [-0.4, -0.2) is 29.7 Å². The van der Waals surface area contributed by atoms with Crippen molar-refractivity contribution >= 4 is 0 Å². The second-order valence-corrected chi connectivity index (χ2v) is 3.03. The van der Waals surface area contributed by atoms with Gasteiger partial charge in [0.1, 0.15) is 5.82 Å². The van der Waals surface area contributed by atoms with Gasteiger partial charge in [0.2, 0.25) is 0 Å². The van der Waals surface area contributed by atoms with Crippen molar-refractivity contribution in [1.82, 2.24) is 15.3 Å². The first-order valence-electron chi connectivity index (χ1n) is 4.15. The van der Waals surface area contributed by atoms with E-state index < -0.39 is 0 Å². The molecule has 0 saturated carbocycles. The molecule has 2 N–H and O–H groups in total. The van der Waals surface area contributed by atoms with Crippen LogP contribution < -0.4 is 5.32 Å². The van der Waals surface area contributed by atoms with Gasteiger partial charge in [0.05, 0.1) is 12.1 Å². The van der Waals surface area contributed by atoms with Crippen LogP contribution in [0.25, 0.3) is 0 Å². The smallest absolute Gasteiger partial charge is 0.123 e. The average molecular weight is 167 g/mol. The number of methoxy groups -OCH3 is 1. The molecule has 4 nitrogen and oxygen atoms in total. The highest BCUT2D eigenvalue weighted by atomic mass is 16.5. The minimum Gasteiger partial charge on any atom is -0.380 e. The number of aromatic nitrogens is 2. The lowest BCUT2D eigenvalue weighted by Crippen LogP contribution is -2.16. The van der Waals surface area contributed by atoms with Gasteiger partial charge in [0.15, 0.2) is 0 Å². The van der Waals surface area contributed by atoms with Crippen molar-refractivity contribution in [3.8, 4) is 0 Å². The molecular formula is C8H13N3O. The summed E-state index contributed by atoms with van der Waals surface area (Å²) in [7, 11) is 1.75. The number of nitrogens with one attached hydrogen (secondary N) is 2. The predicted molar refractivity (Wildman–Crippen MR) is 44.7 cm³/mol. The fourth-order valence-electron chi connectivity index (χ4n) is 1.56. The summed E-state index contributed by atoms with van der Waals surface area (Å²) < 4.78 is 5.24. The fourth-order valence-corrected chi connectivity index (χ4v) is 1.56. The van der Waals surface area contributed by atoms with Gasteiger partial charge in [-0.15, -0.1) is 0 Å². The van der Waals surface area contributed by atoms with Crippen LogP contribution in [-0.2, 0) is 4.74 Å². The van der Waals surface area contributed by atoms with Gasteiger partial charge in [-0.3, -0.25) is 0 Å². The Balaban J connectivity index is 2.00. The predicted octanol–water partition coefficient (Wildman–Crippen LogP) is 0.459. The molecule has 66 valence electrons. The summed E-state index contributed by atoms with van der Waals surface area (Å²) >= 11 is 0. The Bertz CT molecular complexity index is 234. The number of nitrogens with zero attached hydrogens (tertiary/aromatic N) is 1. The second-order valence-electron chi connectivity index (χ2n) is 3.03. The number of hydrogen-bond acceptors (Lipinski definition) is 3. The van der Waals surface area contributed by atoms with Gasteiger partial charge in [-0.25, -0.2) is 4.98 Å². The molecular weight excluding hydrogens is 154 g/mol. The van der Waals surface area contributed by atoms with Crippen LogP contribution in [0.5, 0.6) is 0 Å². The highest BCUT2D eigenvalue weighted by molar-refractivity contribution is 4.99. The monoisotopic (exact) mass is 167 g/mol.